The summed E-state index contributed by atoms with van der Waals surface area (Å²) in [7, 11) is 0. The Hall–Kier alpha value is -3.35. The highest BCUT2D eigenvalue weighted by molar-refractivity contribution is 5.99. The summed E-state index contributed by atoms with van der Waals surface area (Å²) in [6.07, 6.45) is 7.52. The van der Waals surface area contributed by atoms with Gasteiger partial charge in [0, 0.05) is 34.6 Å². The molecule has 2 aromatic carbocycles. The minimum Gasteiger partial charge on any atom is -0.376 e. The van der Waals surface area contributed by atoms with Gasteiger partial charge < -0.3 is 21.3 Å². The molecule has 2 aliphatic rings. The van der Waals surface area contributed by atoms with Crippen LogP contribution in [0, 0.1) is 12.8 Å². The number of nitrogens with one attached hydrogen (secondary N) is 4. The molecule has 0 spiro atoms. The van der Waals surface area contributed by atoms with E-state index in [1.165, 1.54) is 6.42 Å². The van der Waals surface area contributed by atoms with Crippen LogP contribution in [-0.2, 0) is 9.59 Å². The molecule has 4 N–H and O–H groups in total. The molecule has 4 rings (SSSR count). The quantitative estimate of drug-likeness (QED) is 0.479. The first kappa shape index (κ1) is 22.8. The molecule has 2 aromatic rings. The van der Waals surface area contributed by atoms with Crippen molar-refractivity contribution >= 4 is 34.8 Å². The molecule has 0 atom stereocenters. The highest BCUT2D eigenvalue weighted by Gasteiger charge is 2.29. The molecule has 7 nitrogen and oxygen atoms in total. The van der Waals surface area contributed by atoms with Crippen molar-refractivity contribution in [2.24, 2.45) is 5.92 Å². The van der Waals surface area contributed by atoms with Crippen molar-refractivity contribution in [3.8, 4) is 0 Å². The van der Waals surface area contributed by atoms with Gasteiger partial charge in [0.05, 0.1) is 6.54 Å². The Morgan fingerprint density at radius 2 is 1.58 bits per heavy atom. The maximum Gasteiger partial charge on any atom is 0.251 e. The number of hydrogen-bond donors (Lipinski definition) is 4. The predicted octanol–water partition coefficient (Wildman–Crippen LogP) is 4.46. The summed E-state index contributed by atoms with van der Waals surface area (Å²) in [6, 6.07) is 12.9. The molecule has 174 valence electrons. The van der Waals surface area contributed by atoms with E-state index < -0.39 is 0 Å². The lowest BCUT2D eigenvalue weighted by Gasteiger charge is -2.22. The third kappa shape index (κ3) is 6.34. The van der Waals surface area contributed by atoms with Crippen molar-refractivity contribution in [2.45, 2.75) is 57.9 Å². The molecule has 33 heavy (non-hydrogen) atoms. The normalized spacial score (nSPS) is 16.0. The van der Waals surface area contributed by atoms with Gasteiger partial charge >= 0.3 is 0 Å². The summed E-state index contributed by atoms with van der Waals surface area (Å²) in [5.74, 6) is -0.125. The zero-order valence-electron chi connectivity index (χ0n) is 19.1. The van der Waals surface area contributed by atoms with Gasteiger partial charge in [0.2, 0.25) is 11.8 Å². The maximum absolute atomic E-state index is 12.6. The van der Waals surface area contributed by atoms with Gasteiger partial charge in [0.15, 0.2) is 0 Å². The second kappa shape index (κ2) is 10.5. The predicted molar refractivity (Wildman–Crippen MR) is 130 cm³/mol. The van der Waals surface area contributed by atoms with Crippen LogP contribution in [0.2, 0.25) is 0 Å². The van der Waals surface area contributed by atoms with Gasteiger partial charge in [-0.2, -0.15) is 0 Å². The van der Waals surface area contributed by atoms with Gasteiger partial charge in [0.25, 0.3) is 5.91 Å². The Bertz CT molecular complexity index is 1030. The summed E-state index contributed by atoms with van der Waals surface area (Å²) in [5, 5.41) is 12.1. The van der Waals surface area contributed by atoms with Crippen LogP contribution in [0.15, 0.2) is 42.5 Å². The molecular formula is C26H32N4O3. The first-order valence-corrected chi connectivity index (χ1v) is 11.8. The van der Waals surface area contributed by atoms with Gasteiger partial charge in [-0.1, -0.05) is 31.4 Å². The van der Waals surface area contributed by atoms with E-state index in [1.54, 1.807) is 12.1 Å². The molecule has 2 aliphatic carbocycles. The van der Waals surface area contributed by atoms with Crippen molar-refractivity contribution in [3.05, 3.63) is 53.6 Å². The van der Waals surface area contributed by atoms with E-state index in [2.05, 4.69) is 21.3 Å². The second-order valence-electron chi connectivity index (χ2n) is 9.03. The van der Waals surface area contributed by atoms with E-state index >= 15 is 0 Å². The molecule has 0 unspecified atom stereocenters. The van der Waals surface area contributed by atoms with Crippen molar-refractivity contribution in [2.75, 3.05) is 22.5 Å². The standard InChI is InChI=1S/C26H32N4O3/c1-17-22(11-6-12-23(17)30-25(32)18-13-14-18)29-24(31)16-27-21-10-5-7-19(15-21)26(33)28-20-8-3-2-4-9-20/h5-7,10-12,15,18,20,27H,2-4,8-9,13-14,16H2,1H3,(H,28,33)(H,29,31)(H,30,32). The number of amides is 3. The summed E-state index contributed by atoms with van der Waals surface area (Å²) in [5.41, 5.74) is 3.50. The third-order valence-electron chi connectivity index (χ3n) is 6.33. The zero-order valence-corrected chi connectivity index (χ0v) is 19.1. The molecular weight excluding hydrogens is 416 g/mol. The monoisotopic (exact) mass is 448 g/mol. The number of carbonyl (C=O) groups is 3. The Morgan fingerprint density at radius 3 is 2.30 bits per heavy atom. The average Bonchev–Trinajstić information content (AvgIpc) is 3.67. The molecule has 0 heterocycles. The number of benzene rings is 2. The fourth-order valence-electron chi connectivity index (χ4n) is 4.15. The minimum atomic E-state index is -0.208. The summed E-state index contributed by atoms with van der Waals surface area (Å²) < 4.78 is 0. The van der Waals surface area contributed by atoms with Crippen LogP contribution in [0.5, 0.6) is 0 Å². The van der Waals surface area contributed by atoms with Crippen LogP contribution in [0.25, 0.3) is 0 Å². The fraction of sp³-hybridized carbons (Fsp3) is 0.423. The van der Waals surface area contributed by atoms with Crippen LogP contribution in [-0.4, -0.2) is 30.3 Å². The molecule has 0 aromatic heterocycles. The lowest BCUT2D eigenvalue weighted by atomic mass is 9.95. The molecule has 0 saturated heterocycles. The maximum atomic E-state index is 12.6. The number of rotatable bonds is 8. The van der Waals surface area contributed by atoms with Gasteiger partial charge in [-0.05, 0) is 68.5 Å². The van der Waals surface area contributed by atoms with Crippen molar-refractivity contribution in [1.29, 1.82) is 0 Å². The largest absolute Gasteiger partial charge is 0.376 e. The van der Waals surface area contributed by atoms with Crippen molar-refractivity contribution in [3.63, 3.8) is 0 Å². The zero-order chi connectivity index (χ0) is 23.2. The molecule has 0 bridgehead atoms. The van der Waals surface area contributed by atoms with E-state index in [0.29, 0.717) is 22.6 Å². The van der Waals surface area contributed by atoms with E-state index in [-0.39, 0.29) is 36.2 Å². The smallest absolute Gasteiger partial charge is 0.251 e. The third-order valence-corrected chi connectivity index (χ3v) is 6.33. The lowest BCUT2D eigenvalue weighted by molar-refractivity contribution is -0.117. The molecule has 3 amide bonds. The Labute approximate surface area is 194 Å². The Balaban J connectivity index is 1.30. The summed E-state index contributed by atoms with van der Waals surface area (Å²) in [4.78, 5) is 37.2. The van der Waals surface area contributed by atoms with Crippen molar-refractivity contribution in [1.82, 2.24) is 5.32 Å². The van der Waals surface area contributed by atoms with Gasteiger partial charge in [-0.15, -0.1) is 0 Å². The first-order valence-electron chi connectivity index (χ1n) is 11.8. The van der Waals surface area contributed by atoms with Crippen LogP contribution >= 0.6 is 0 Å². The molecule has 2 fully saturated rings. The van der Waals surface area contributed by atoms with Crippen molar-refractivity contribution < 1.29 is 14.4 Å². The minimum absolute atomic E-state index is 0.0376. The fourth-order valence-corrected chi connectivity index (χ4v) is 4.15. The molecule has 0 aliphatic heterocycles. The van der Waals surface area contributed by atoms with Gasteiger partial charge in [0.1, 0.15) is 0 Å². The van der Waals surface area contributed by atoms with Crippen LogP contribution in [0.1, 0.15) is 60.9 Å². The number of hydrogen-bond acceptors (Lipinski definition) is 4. The summed E-state index contributed by atoms with van der Waals surface area (Å²) >= 11 is 0. The number of carbonyl (C=O) groups excluding carboxylic acids is 3. The van der Waals surface area contributed by atoms with E-state index in [1.807, 2.05) is 37.3 Å². The van der Waals surface area contributed by atoms with Crippen LogP contribution in [0.3, 0.4) is 0 Å². The van der Waals surface area contributed by atoms with Crippen LogP contribution < -0.4 is 21.3 Å². The van der Waals surface area contributed by atoms with E-state index in [9.17, 15) is 14.4 Å². The molecule has 0 radical (unpaired) electrons. The Morgan fingerprint density at radius 1 is 0.879 bits per heavy atom. The van der Waals surface area contributed by atoms with Gasteiger partial charge in [-0.25, -0.2) is 0 Å². The van der Waals surface area contributed by atoms with E-state index in [4.69, 9.17) is 0 Å². The second-order valence-corrected chi connectivity index (χ2v) is 9.03. The first-order chi connectivity index (χ1) is 16.0. The lowest BCUT2D eigenvalue weighted by Crippen LogP contribution is -2.36. The SMILES string of the molecule is Cc1c(NC(=O)CNc2cccc(C(=O)NC3CCCCC3)c2)cccc1NC(=O)C1CC1. The highest BCUT2D eigenvalue weighted by atomic mass is 16.2. The van der Waals surface area contributed by atoms with E-state index in [0.717, 1.165) is 44.1 Å². The Kier molecular flexibility index (Phi) is 7.27. The number of anilines is 3. The highest BCUT2D eigenvalue weighted by Crippen LogP contribution is 2.31. The molecule has 2 saturated carbocycles. The summed E-state index contributed by atoms with van der Waals surface area (Å²) in [6.45, 7) is 1.94. The average molecular weight is 449 g/mol. The topological polar surface area (TPSA) is 99.3 Å². The van der Waals surface area contributed by atoms with Crippen LogP contribution in [0.4, 0.5) is 17.1 Å². The molecule has 7 heteroatoms. The van der Waals surface area contributed by atoms with Gasteiger partial charge in [-0.3, -0.25) is 14.4 Å².